The first-order valence-electron chi connectivity index (χ1n) is 12.8. The van der Waals surface area contributed by atoms with Crippen LogP contribution in [0.1, 0.15) is 39.5 Å². The van der Waals surface area contributed by atoms with Gasteiger partial charge < -0.3 is 15.3 Å². The van der Waals surface area contributed by atoms with Crippen LogP contribution in [0.25, 0.3) is 21.8 Å². The Morgan fingerprint density at radius 3 is 2.82 bits per heavy atom. The minimum Gasteiger partial charge on any atom is -0.352 e. The maximum Gasteiger partial charge on any atom is 0.276 e. The Bertz CT molecular complexity index is 1590. The third-order valence-electron chi connectivity index (χ3n) is 6.94. The molecule has 10 heteroatoms. The number of carbonyl (C=O) groups is 2. The van der Waals surface area contributed by atoms with Crippen molar-refractivity contribution in [1.29, 1.82) is 0 Å². The fourth-order valence-corrected chi connectivity index (χ4v) is 5.04. The van der Waals surface area contributed by atoms with Crippen LogP contribution in [0.15, 0.2) is 67.1 Å². The molecule has 3 aromatic heterocycles. The highest BCUT2D eigenvalue weighted by Gasteiger charge is 2.22. The molecule has 10 nitrogen and oxygen atoms in total. The second-order valence-corrected chi connectivity index (χ2v) is 9.65. The van der Waals surface area contributed by atoms with Gasteiger partial charge in [0, 0.05) is 37.1 Å². The zero-order chi connectivity index (χ0) is 25.9. The first kappa shape index (κ1) is 23.8. The Morgan fingerprint density at radius 1 is 1.05 bits per heavy atom. The molecule has 5 aromatic rings. The summed E-state index contributed by atoms with van der Waals surface area (Å²) in [7, 11) is 0. The predicted octanol–water partition coefficient (Wildman–Crippen LogP) is 3.73. The molecule has 1 fully saturated rings. The summed E-state index contributed by atoms with van der Waals surface area (Å²) in [6, 6.07) is 14.9. The van der Waals surface area contributed by atoms with Crippen LogP contribution in [0.3, 0.4) is 0 Å². The van der Waals surface area contributed by atoms with E-state index in [1.54, 1.807) is 30.6 Å². The smallest absolute Gasteiger partial charge is 0.276 e. The van der Waals surface area contributed by atoms with Crippen LogP contribution >= 0.6 is 0 Å². The number of carbonyl (C=O) groups excluding carboxylic acids is 2. The van der Waals surface area contributed by atoms with E-state index in [-0.39, 0.29) is 23.5 Å². The van der Waals surface area contributed by atoms with E-state index in [4.69, 9.17) is 0 Å². The summed E-state index contributed by atoms with van der Waals surface area (Å²) in [5.41, 5.74) is 1.93. The molecule has 1 unspecified atom stereocenters. The van der Waals surface area contributed by atoms with Gasteiger partial charge in [0.15, 0.2) is 0 Å². The zero-order valence-corrected chi connectivity index (χ0v) is 20.8. The van der Waals surface area contributed by atoms with E-state index in [2.05, 4.69) is 40.5 Å². The Labute approximate surface area is 218 Å². The quantitative estimate of drug-likeness (QED) is 0.265. The SMILES string of the molecule is O=C(Nc1nc2c(C(=O)NCC3CCCN(Cc4ncc[nH]4)C3)cccc2[nH]1)c1cc2ccccc2cn1. The fraction of sp³-hybridized carbons (Fsp3) is 0.250. The molecule has 2 aromatic carbocycles. The first-order chi connectivity index (χ1) is 18.6. The van der Waals surface area contributed by atoms with Crippen LogP contribution < -0.4 is 10.6 Å². The summed E-state index contributed by atoms with van der Waals surface area (Å²) in [5.74, 6) is 1.03. The average Bonchev–Trinajstić information content (AvgIpc) is 3.61. The molecular weight excluding hydrogens is 480 g/mol. The van der Waals surface area contributed by atoms with Crippen LogP contribution in [0.4, 0.5) is 5.95 Å². The van der Waals surface area contributed by atoms with Gasteiger partial charge >= 0.3 is 0 Å². The van der Waals surface area contributed by atoms with Gasteiger partial charge in [-0.05, 0) is 48.9 Å². The van der Waals surface area contributed by atoms with Gasteiger partial charge in [-0.3, -0.25) is 24.8 Å². The second kappa shape index (κ2) is 10.4. The van der Waals surface area contributed by atoms with Crippen molar-refractivity contribution in [3.8, 4) is 0 Å². The van der Waals surface area contributed by atoms with Gasteiger partial charge in [0.2, 0.25) is 5.95 Å². The van der Waals surface area contributed by atoms with Crippen LogP contribution in [0.2, 0.25) is 0 Å². The summed E-state index contributed by atoms with van der Waals surface area (Å²) < 4.78 is 0. The van der Waals surface area contributed by atoms with Crippen LogP contribution in [-0.4, -0.2) is 61.3 Å². The molecular formula is C28H28N8O2. The number of piperidine rings is 1. The van der Waals surface area contributed by atoms with Crippen LogP contribution in [-0.2, 0) is 6.54 Å². The molecule has 4 heterocycles. The topological polar surface area (TPSA) is 132 Å². The van der Waals surface area contributed by atoms with Gasteiger partial charge in [-0.15, -0.1) is 0 Å². The van der Waals surface area contributed by atoms with Crippen molar-refractivity contribution in [3.05, 3.63) is 84.2 Å². The van der Waals surface area contributed by atoms with Crippen molar-refractivity contribution in [1.82, 2.24) is 35.1 Å². The van der Waals surface area contributed by atoms with Gasteiger partial charge in [0.1, 0.15) is 17.0 Å². The second-order valence-electron chi connectivity index (χ2n) is 9.65. The average molecular weight is 509 g/mol. The van der Waals surface area contributed by atoms with Crippen LogP contribution in [0, 0.1) is 5.92 Å². The summed E-state index contributed by atoms with van der Waals surface area (Å²) in [6.45, 7) is 3.31. The lowest BCUT2D eigenvalue weighted by atomic mass is 9.98. The van der Waals surface area contributed by atoms with Crippen LogP contribution in [0.5, 0.6) is 0 Å². The molecule has 0 aliphatic carbocycles. The van der Waals surface area contributed by atoms with Crippen molar-refractivity contribution >= 4 is 39.6 Å². The molecule has 1 saturated heterocycles. The summed E-state index contributed by atoms with van der Waals surface area (Å²) in [5, 5.41) is 7.75. The lowest BCUT2D eigenvalue weighted by molar-refractivity contribution is 0.0930. The van der Waals surface area contributed by atoms with Crippen molar-refractivity contribution in [2.75, 3.05) is 25.0 Å². The molecule has 0 bridgehead atoms. The number of H-pyrrole nitrogens is 2. The number of rotatable bonds is 7. The van der Waals surface area contributed by atoms with Crippen molar-refractivity contribution in [2.45, 2.75) is 19.4 Å². The molecule has 38 heavy (non-hydrogen) atoms. The van der Waals surface area contributed by atoms with Gasteiger partial charge in [-0.25, -0.2) is 9.97 Å². The number of nitrogens with one attached hydrogen (secondary N) is 4. The van der Waals surface area contributed by atoms with E-state index >= 15 is 0 Å². The number of aromatic nitrogens is 5. The number of fused-ring (bicyclic) bond motifs is 2. The fourth-order valence-electron chi connectivity index (χ4n) is 5.04. The molecule has 0 saturated carbocycles. The summed E-state index contributed by atoms with van der Waals surface area (Å²) in [4.78, 5) is 47.7. The Morgan fingerprint density at radius 2 is 1.95 bits per heavy atom. The lowest BCUT2D eigenvalue weighted by Crippen LogP contribution is -2.40. The van der Waals surface area contributed by atoms with E-state index in [0.717, 1.165) is 49.1 Å². The summed E-state index contributed by atoms with van der Waals surface area (Å²) >= 11 is 0. The molecule has 6 rings (SSSR count). The van der Waals surface area contributed by atoms with E-state index in [1.165, 1.54) is 0 Å². The Kier molecular flexibility index (Phi) is 6.53. The van der Waals surface area contributed by atoms with Gasteiger partial charge in [0.25, 0.3) is 11.8 Å². The van der Waals surface area contributed by atoms with Gasteiger partial charge in [0.05, 0.1) is 17.6 Å². The number of amides is 2. The normalized spacial score (nSPS) is 16.1. The predicted molar refractivity (Wildman–Crippen MR) is 145 cm³/mol. The number of hydrogen-bond acceptors (Lipinski definition) is 6. The van der Waals surface area contributed by atoms with Gasteiger partial charge in [-0.2, -0.15) is 0 Å². The molecule has 0 spiro atoms. The molecule has 1 aliphatic rings. The number of anilines is 1. The van der Waals surface area contributed by atoms with Crippen molar-refractivity contribution in [2.24, 2.45) is 5.92 Å². The number of benzene rings is 2. The molecule has 2 amide bonds. The highest BCUT2D eigenvalue weighted by atomic mass is 16.2. The van der Waals surface area contributed by atoms with Crippen molar-refractivity contribution in [3.63, 3.8) is 0 Å². The maximum atomic E-state index is 13.1. The third kappa shape index (κ3) is 5.12. The highest BCUT2D eigenvalue weighted by molar-refractivity contribution is 6.07. The lowest BCUT2D eigenvalue weighted by Gasteiger charge is -2.32. The van der Waals surface area contributed by atoms with E-state index < -0.39 is 0 Å². The third-order valence-corrected chi connectivity index (χ3v) is 6.94. The van der Waals surface area contributed by atoms with E-state index in [9.17, 15) is 9.59 Å². The van der Waals surface area contributed by atoms with Gasteiger partial charge in [-0.1, -0.05) is 30.3 Å². The minimum absolute atomic E-state index is 0.181. The standard InChI is InChI=1S/C28H28N8O2/c37-26(32-14-18-5-4-12-36(16-18)17-24-29-10-11-30-24)21-8-3-9-22-25(21)34-28(33-22)35-27(38)23-13-19-6-1-2-7-20(19)15-31-23/h1-3,6-11,13,15,18H,4-5,12,14,16-17H2,(H,29,30)(H,32,37)(H2,33,34,35,38). The highest BCUT2D eigenvalue weighted by Crippen LogP contribution is 2.21. The molecule has 1 atom stereocenters. The Balaban J connectivity index is 1.11. The number of imidazole rings is 2. The number of pyridine rings is 1. The maximum absolute atomic E-state index is 13.1. The number of likely N-dealkylation sites (tertiary alicyclic amines) is 1. The number of hydrogen-bond donors (Lipinski definition) is 4. The number of nitrogens with zero attached hydrogens (tertiary/aromatic N) is 4. The summed E-state index contributed by atoms with van der Waals surface area (Å²) in [6.07, 6.45) is 7.44. The monoisotopic (exact) mass is 508 g/mol. The number of aromatic amines is 2. The molecule has 0 radical (unpaired) electrons. The first-order valence-corrected chi connectivity index (χ1v) is 12.8. The Hall–Kier alpha value is -4.57. The van der Waals surface area contributed by atoms with E-state index in [1.807, 2.05) is 36.5 Å². The molecule has 192 valence electrons. The van der Waals surface area contributed by atoms with E-state index in [0.29, 0.717) is 29.1 Å². The van der Waals surface area contributed by atoms with Crippen molar-refractivity contribution < 1.29 is 9.59 Å². The molecule has 4 N–H and O–H groups in total. The minimum atomic E-state index is -0.378. The largest absolute Gasteiger partial charge is 0.352 e. The number of para-hydroxylation sites is 1. The molecule has 1 aliphatic heterocycles. The zero-order valence-electron chi connectivity index (χ0n) is 20.8.